The van der Waals surface area contributed by atoms with E-state index in [9.17, 15) is 9.59 Å². The molecule has 2 amide bonds. The van der Waals surface area contributed by atoms with Crippen molar-refractivity contribution >= 4 is 12.0 Å². The molecule has 13 heavy (non-hydrogen) atoms. The van der Waals surface area contributed by atoms with Crippen LogP contribution in [0.15, 0.2) is 0 Å². The van der Waals surface area contributed by atoms with Crippen LogP contribution in [0.4, 0.5) is 4.79 Å². The summed E-state index contributed by atoms with van der Waals surface area (Å²) in [4.78, 5) is 25.8. The van der Waals surface area contributed by atoms with Crippen LogP contribution in [0.25, 0.3) is 0 Å². The maximum atomic E-state index is 11.2. The van der Waals surface area contributed by atoms with Crippen molar-refractivity contribution in [2.45, 2.75) is 6.04 Å². The van der Waals surface area contributed by atoms with Gasteiger partial charge in [0.25, 0.3) is 5.91 Å². The molecule has 0 bridgehead atoms. The summed E-state index contributed by atoms with van der Waals surface area (Å²) >= 11 is 0. The quantitative estimate of drug-likeness (QED) is 0.477. The number of carbonyl (C=O) groups excluding carboxylic acids is 1. The topological polar surface area (TPSA) is 99.1 Å². The van der Waals surface area contributed by atoms with Crippen LogP contribution in [0.2, 0.25) is 0 Å². The van der Waals surface area contributed by atoms with Crippen molar-refractivity contribution in [1.82, 2.24) is 10.4 Å². The summed E-state index contributed by atoms with van der Waals surface area (Å²) in [6.45, 7) is -0.612. The standard InChI is InChI=1S/C6H12N2O5/c1-8(13-2)5(10)4(3-9)7-6(11)12/h4,7,9H,3H2,1-2H3,(H,11,12)/t4-/m1/s1. The first-order chi connectivity index (χ1) is 6.02. The second-order valence-corrected chi connectivity index (χ2v) is 2.20. The van der Waals surface area contributed by atoms with Crippen molar-refractivity contribution in [3.8, 4) is 0 Å². The molecule has 0 fully saturated rings. The van der Waals surface area contributed by atoms with Gasteiger partial charge in [-0.25, -0.2) is 9.86 Å². The van der Waals surface area contributed by atoms with Gasteiger partial charge in [-0.2, -0.15) is 0 Å². The van der Waals surface area contributed by atoms with Gasteiger partial charge in [0.2, 0.25) is 0 Å². The van der Waals surface area contributed by atoms with Crippen molar-refractivity contribution in [1.29, 1.82) is 0 Å². The van der Waals surface area contributed by atoms with Gasteiger partial charge in [0, 0.05) is 7.05 Å². The lowest BCUT2D eigenvalue weighted by Gasteiger charge is -2.19. The van der Waals surface area contributed by atoms with E-state index in [1.165, 1.54) is 14.2 Å². The molecule has 7 nitrogen and oxygen atoms in total. The van der Waals surface area contributed by atoms with Gasteiger partial charge >= 0.3 is 6.09 Å². The predicted octanol–water partition coefficient (Wildman–Crippen LogP) is -1.37. The summed E-state index contributed by atoms with van der Waals surface area (Å²) in [5.74, 6) is -0.660. The lowest BCUT2D eigenvalue weighted by molar-refractivity contribution is -0.171. The SMILES string of the molecule is CON(C)C(=O)[C@@H](CO)NC(=O)O. The van der Waals surface area contributed by atoms with E-state index in [0.717, 1.165) is 5.06 Å². The molecule has 0 aromatic carbocycles. The van der Waals surface area contributed by atoms with Crippen molar-refractivity contribution in [3.63, 3.8) is 0 Å². The van der Waals surface area contributed by atoms with Crippen LogP contribution in [0, 0.1) is 0 Å². The molecule has 0 aromatic heterocycles. The number of aliphatic hydroxyl groups is 1. The smallest absolute Gasteiger partial charge is 0.405 e. The Balaban J connectivity index is 4.22. The van der Waals surface area contributed by atoms with Crippen molar-refractivity contribution in [2.75, 3.05) is 20.8 Å². The van der Waals surface area contributed by atoms with Crippen LogP contribution >= 0.6 is 0 Å². The molecule has 0 aliphatic heterocycles. The number of amides is 2. The summed E-state index contributed by atoms with van der Waals surface area (Å²) in [5.41, 5.74) is 0. The van der Waals surface area contributed by atoms with Crippen LogP contribution in [0.1, 0.15) is 0 Å². The zero-order valence-corrected chi connectivity index (χ0v) is 7.35. The maximum absolute atomic E-state index is 11.2. The minimum absolute atomic E-state index is 0.612. The molecule has 0 aromatic rings. The molecule has 0 unspecified atom stereocenters. The number of nitrogens with one attached hydrogen (secondary N) is 1. The first-order valence-corrected chi connectivity index (χ1v) is 3.45. The molecule has 0 rings (SSSR count). The third kappa shape index (κ3) is 3.72. The number of rotatable bonds is 4. The first-order valence-electron chi connectivity index (χ1n) is 3.45. The molecule has 7 heteroatoms. The normalized spacial score (nSPS) is 11.9. The molecule has 0 radical (unpaired) electrons. The van der Waals surface area contributed by atoms with E-state index in [0.29, 0.717) is 0 Å². The van der Waals surface area contributed by atoms with E-state index in [1.807, 2.05) is 5.32 Å². The van der Waals surface area contributed by atoms with Gasteiger partial charge in [0.15, 0.2) is 0 Å². The lowest BCUT2D eigenvalue weighted by Crippen LogP contribution is -2.48. The highest BCUT2D eigenvalue weighted by Crippen LogP contribution is 1.91. The van der Waals surface area contributed by atoms with E-state index in [2.05, 4.69) is 4.84 Å². The van der Waals surface area contributed by atoms with E-state index in [-0.39, 0.29) is 0 Å². The summed E-state index contributed by atoms with van der Waals surface area (Å²) < 4.78 is 0. The fourth-order valence-electron chi connectivity index (χ4n) is 0.644. The summed E-state index contributed by atoms with van der Waals surface area (Å²) in [5, 5.41) is 19.6. The number of carboxylic acid groups (broad SMARTS) is 1. The molecule has 0 aliphatic carbocycles. The van der Waals surface area contributed by atoms with Crippen LogP contribution < -0.4 is 5.32 Å². The van der Waals surface area contributed by atoms with Gasteiger partial charge in [-0.3, -0.25) is 9.63 Å². The summed E-state index contributed by atoms with van der Waals surface area (Å²) in [7, 11) is 2.57. The number of nitrogens with zero attached hydrogens (tertiary/aromatic N) is 1. The van der Waals surface area contributed by atoms with Gasteiger partial charge in [0.1, 0.15) is 6.04 Å². The highest BCUT2D eigenvalue weighted by atomic mass is 16.7. The van der Waals surface area contributed by atoms with Crippen molar-refractivity contribution in [2.24, 2.45) is 0 Å². The number of carbonyl (C=O) groups is 2. The average Bonchev–Trinajstić information content (AvgIpc) is 2.11. The fraction of sp³-hybridized carbons (Fsp3) is 0.667. The van der Waals surface area contributed by atoms with Gasteiger partial charge in [-0.1, -0.05) is 0 Å². The summed E-state index contributed by atoms with van der Waals surface area (Å²) in [6.07, 6.45) is -1.38. The number of likely N-dealkylation sites (N-methyl/N-ethyl adjacent to an activating group) is 1. The molecular formula is C6H12N2O5. The highest BCUT2D eigenvalue weighted by Gasteiger charge is 2.22. The van der Waals surface area contributed by atoms with Crippen molar-refractivity contribution < 1.29 is 24.6 Å². The molecule has 0 saturated carbocycles. The molecule has 0 aliphatic rings. The molecular weight excluding hydrogens is 180 g/mol. The van der Waals surface area contributed by atoms with E-state index >= 15 is 0 Å². The van der Waals surface area contributed by atoms with Crippen LogP contribution in [0.3, 0.4) is 0 Å². The van der Waals surface area contributed by atoms with Crippen molar-refractivity contribution in [3.05, 3.63) is 0 Å². The van der Waals surface area contributed by atoms with Gasteiger partial charge < -0.3 is 15.5 Å². The largest absolute Gasteiger partial charge is 0.465 e. The third-order valence-corrected chi connectivity index (χ3v) is 1.36. The van der Waals surface area contributed by atoms with E-state index < -0.39 is 24.6 Å². The monoisotopic (exact) mass is 192 g/mol. The Morgan fingerprint density at radius 1 is 1.62 bits per heavy atom. The lowest BCUT2D eigenvalue weighted by atomic mass is 10.3. The number of hydrogen-bond acceptors (Lipinski definition) is 4. The van der Waals surface area contributed by atoms with Gasteiger partial charge in [-0.15, -0.1) is 0 Å². The first kappa shape index (κ1) is 11.7. The van der Waals surface area contributed by atoms with Crippen LogP contribution in [0.5, 0.6) is 0 Å². The average molecular weight is 192 g/mol. The Labute approximate surface area is 74.9 Å². The zero-order chi connectivity index (χ0) is 10.4. The number of hydrogen-bond donors (Lipinski definition) is 3. The van der Waals surface area contributed by atoms with E-state index in [4.69, 9.17) is 10.2 Å². The van der Waals surface area contributed by atoms with E-state index in [1.54, 1.807) is 0 Å². The highest BCUT2D eigenvalue weighted by molar-refractivity contribution is 5.84. The fourth-order valence-corrected chi connectivity index (χ4v) is 0.644. The van der Waals surface area contributed by atoms with Gasteiger partial charge in [0.05, 0.1) is 13.7 Å². The molecule has 0 saturated heterocycles. The minimum Gasteiger partial charge on any atom is -0.465 e. The zero-order valence-electron chi connectivity index (χ0n) is 7.35. The second kappa shape index (κ2) is 5.33. The minimum atomic E-state index is -1.38. The Morgan fingerprint density at radius 2 is 2.15 bits per heavy atom. The Hall–Kier alpha value is -1.34. The molecule has 0 spiro atoms. The Bertz CT molecular complexity index is 195. The number of aliphatic hydroxyl groups excluding tert-OH is 1. The van der Waals surface area contributed by atoms with Crippen LogP contribution in [-0.2, 0) is 9.63 Å². The maximum Gasteiger partial charge on any atom is 0.405 e. The molecule has 0 heterocycles. The van der Waals surface area contributed by atoms with Gasteiger partial charge in [-0.05, 0) is 0 Å². The molecule has 3 N–H and O–H groups in total. The molecule has 1 atom stereocenters. The molecule has 76 valence electrons. The Kier molecular flexibility index (Phi) is 4.78. The predicted molar refractivity (Wildman–Crippen MR) is 41.8 cm³/mol. The second-order valence-electron chi connectivity index (χ2n) is 2.20. The number of hydroxylamine groups is 2. The summed E-state index contributed by atoms with van der Waals surface area (Å²) in [6, 6.07) is -1.19. The Morgan fingerprint density at radius 3 is 2.46 bits per heavy atom. The third-order valence-electron chi connectivity index (χ3n) is 1.36. The van der Waals surface area contributed by atoms with Crippen LogP contribution in [-0.4, -0.2) is 54.1 Å².